The Morgan fingerprint density at radius 2 is 1.69 bits per heavy atom. The normalized spacial score (nSPS) is 21.4. The number of carbonyl (C=O) groups is 2. The van der Waals surface area contributed by atoms with Crippen LogP contribution in [0.5, 0.6) is 0 Å². The number of benzene rings is 2. The number of hydrogen-bond donors (Lipinski definition) is 2. The molecule has 4 rings (SSSR count). The zero-order valence-corrected chi connectivity index (χ0v) is 16.9. The minimum Gasteiger partial charge on any atom is -0.354 e. The molecule has 0 radical (unpaired) electrons. The van der Waals surface area contributed by atoms with Crippen LogP contribution in [0.3, 0.4) is 0 Å². The first-order valence-electron chi connectivity index (χ1n) is 9.62. The summed E-state index contributed by atoms with van der Waals surface area (Å²) in [5, 5.41) is 2.85. The van der Waals surface area contributed by atoms with Gasteiger partial charge in [0, 0.05) is 36.3 Å². The second-order valence-corrected chi connectivity index (χ2v) is 9.28. The molecule has 0 aliphatic carbocycles. The summed E-state index contributed by atoms with van der Waals surface area (Å²) in [6.07, 6.45) is 2.00. The van der Waals surface area contributed by atoms with Crippen LogP contribution in [0.15, 0.2) is 53.4 Å². The quantitative estimate of drug-likeness (QED) is 0.804. The van der Waals surface area contributed by atoms with Gasteiger partial charge in [-0.15, -0.1) is 0 Å². The smallest absolute Gasteiger partial charge is 0.261 e. The van der Waals surface area contributed by atoms with Crippen LogP contribution in [0.2, 0.25) is 0 Å². The monoisotopic (exact) mass is 413 g/mol. The van der Waals surface area contributed by atoms with Crippen LogP contribution in [0.1, 0.15) is 35.2 Å². The van der Waals surface area contributed by atoms with Gasteiger partial charge in [-0.3, -0.25) is 14.3 Å². The maximum absolute atomic E-state index is 13.0. The number of nitrogens with one attached hydrogen (secondary N) is 2. The van der Waals surface area contributed by atoms with Gasteiger partial charge in [-0.05, 0) is 56.2 Å². The molecule has 2 aromatic carbocycles. The van der Waals surface area contributed by atoms with Gasteiger partial charge in [0.25, 0.3) is 15.9 Å². The number of hydrogen-bond acceptors (Lipinski definition) is 4. The second kappa shape index (κ2) is 7.51. The Kier molecular flexibility index (Phi) is 5.04. The van der Waals surface area contributed by atoms with E-state index >= 15 is 0 Å². The van der Waals surface area contributed by atoms with E-state index in [0.717, 1.165) is 18.4 Å². The van der Waals surface area contributed by atoms with Crippen LogP contribution in [0.4, 0.5) is 5.69 Å². The molecule has 2 heterocycles. The van der Waals surface area contributed by atoms with Gasteiger partial charge < -0.3 is 10.2 Å². The van der Waals surface area contributed by atoms with Crippen molar-refractivity contribution in [2.24, 2.45) is 0 Å². The zero-order valence-electron chi connectivity index (χ0n) is 16.1. The molecule has 2 aliphatic heterocycles. The van der Waals surface area contributed by atoms with Crippen molar-refractivity contribution in [1.82, 2.24) is 10.2 Å². The third-order valence-electron chi connectivity index (χ3n) is 5.53. The maximum atomic E-state index is 13.0. The van der Waals surface area contributed by atoms with Crippen LogP contribution in [-0.4, -0.2) is 43.8 Å². The Hall–Kier alpha value is -2.87. The molecule has 2 N–H and O–H groups in total. The first-order valence-corrected chi connectivity index (χ1v) is 11.1. The first-order chi connectivity index (χ1) is 13.8. The van der Waals surface area contributed by atoms with Crippen molar-refractivity contribution in [3.63, 3.8) is 0 Å². The Balaban J connectivity index is 1.52. The molecule has 0 aromatic heterocycles. The highest BCUT2D eigenvalue weighted by Gasteiger charge is 2.40. The number of carbonyl (C=O) groups excluding carboxylic acids is 2. The molecule has 0 spiro atoms. The van der Waals surface area contributed by atoms with E-state index in [1.54, 1.807) is 17.0 Å². The zero-order chi connectivity index (χ0) is 20.6. The number of fused-ring (bicyclic) bond motifs is 2. The fraction of sp³-hybridized carbons (Fsp3) is 0.333. The number of sulfonamides is 1. The average Bonchev–Trinajstić information content (AvgIpc) is 3.01. The third-order valence-corrected chi connectivity index (χ3v) is 6.92. The summed E-state index contributed by atoms with van der Waals surface area (Å²) in [7, 11) is -3.75. The van der Waals surface area contributed by atoms with Gasteiger partial charge in [0.1, 0.15) is 0 Å². The van der Waals surface area contributed by atoms with E-state index in [1.807, 2.05) is 19.1 Å². The van der Waals surface area contributed by atoms with Crippen LogP contribution < -0.4 is 10.0 Å². The molecule has 2 fully saturated rings. The molecule has 2 unspecified atom stereocenters. The summed E-state index contributed by atoms with van der Waals surface area (Å²) >= 11 is 0. The van der Waals surface area contributed by atoms with Crippen LogP contribution >= 0.6 is 0 Å². The minimum absolute atomic E-state index is 0.00874. The number of anilines is 1. The number of nitrogens with zero attached hydrogens (tertiary/aromatic N) is 1. The summed E-state index contributed by atoms with van der Waals surface area (Å²) in [5.41, 5.74) is 1.94. The van der Waals surface area contributed by atoms with Crippen molar-refractivity contribution in [3.05, 3.63) is 59.7 Å². The first kappa shape index (κ1) is 19.4. The fourth-order valence-corrected chi connectivity index (χ4v) is 5.03. The highest BCUT2D eigenvalue weighted by atomic mass is 32.2. The molecular weight excluding hydrogens is 390 g/mol. The Morgan fingerprint density at radius 3 is 2.38 bits per heavy atom. The number of rotatable bonds is 4. The lowest BCUT2D eigenvalue weighted by atomic mass is 10.1. The highest BCUT2D eigenvalue weighted by Crippen LogP contribution is 2.30. The maximum Gasteiger partial charge on any atom is 0.261 e. The summed E-state index contributed by atoms with van der Waals surface area (Å²) in [5.74, 6) is -0.192. The summed E-state index contributed by atoms with van der Waals surface area (Å²) < 4.78 is 27.8. The molecule has 29 heavy (non-hydrogen) atoms. The van der Waals surface area contributed by atoms with Crippen LogP contribution in [-0.2, 0) is 14.8 Å². The van der Waals surface area contributed by atoms with Crippen molar-refractivity contribution in [2.75, 3.05) is 11.3 Å². The van der Waals surface area contributed by atoms with Crippen molar-refractivity contribution >= 4 is 27.5 Å². The lowest BCUT2D eigenvalue weighted by Gasteiger charge is -2.27. The van der Waals surface area contributed by atoms with E-state index in [4.69, 9.17) is 0 Å². The molecule has 7 nitrogen and oxygen atoms in total. The Labute approximate surface area is 170 Å². The lowest BCUT2D eigenvalue weighted by molar-refractivity contribution is -0.121. The van der Waals surface area contributed by atoms with Crippen molar-refractivity contribution in [1.29, 1.82) is 0 Å². The predicted octanol–water partition coefficient (Wildman–Crippen LogP) is 2.29. The third kappa shape index (κ3) is 3.98. The predicted molar refractivity (Wildman–Crippen MR) is 109 cm³/mol. The Morgan fingerprint density at radius 1 is 1.03 bits per heavy atom. The van der Waals surface area contributed by atoms with E-state index in [-0.39, 0.29) is 28.8 Å². The van der Waals surface area contributed by atoms with Crippen molar-refractivity contribution in [2.45, 2.75) is 43.2 Å². The van der Waals surface area contributed by atoms with Gasteiger partial charge in [0.2, 0.25) is 5.91 Å². The van der Waals surface area contributed by atoms with Gasteiger partial charge in [-0.1, -0.05) is 17.7 Å². The van der Waals surface area contributed by atoms with E-state index < -0.39 is 10.0 Å². The van der Waals surface area contributed by atoms with E-state index in [2.05, 4.69) is 10.0 Å². The van der Waals surface area contributed by atoms with Gasteiger partial charge in [0.15, 0.2) is 0 Å². The van der Waals surface area contributed by atoms with Gasteiger partial charge in [0.05, 0.1) is 4.90 Å². The summed E-state index contributed by atoms with van der Waals surface area (Å²) in [6, 6.07) is 12.9. The molecular formula is C21H23N3O4S. The minimum atomic E-state index is -3.75. The highest BCUT2D eigenvalue weighted by molar-refractivity contribution is 7.92. The number of amides is 2. The second-order valence-electron chi connectivity index (χ2n) is 7.60. The van der Waals surface area contributed by atoms with E-state index in [0.29, 0.717) is 24.2 Å². The molecule has 2 saturated heterocycles. The SMILES string of the molecule is Cc1ccc(NS(=O)(=O)c2ccc(C(=O)N3C4CCC3CC(=O)NC4)cc2)cc1. The van der Waals surface area contributed by atoms with Crippen molar-refractivity contribution in [3.8, 4) is 0 Å². The van der Waals surface area contributed by atoms with Gasteiger partial charge >= 0.3 is 0 Å². The fourth-order valence-electron chi connectivity index (χ4n) is 3.97. The van der Waals surface area contributed by atoms with Gasteiger partial charge in [-0.2, -0.15) is 0 Å². The topological polar surface area (TPSA) is 95.6 Å². The van der Waals surface area contributed by atoms with E-state index in [9.17, 15) is 18.0 Å². The molecule has 8 heteroatoms. The molecule has 2 amide bonds. The molecule has 2 aromatic rings. The largest absolute Gasteiger partial charge is 0.354 e. The number of aryl methyl sites for hydroxylation is 1. The van der Waals surface area contributed by atoms with E-state index in [1.165, 1.54) is 24.3 Å². The molecule has 2 bridgehead atoms. The molecule has 152 valence electrons. The molecule has 0 saturated carbocycles. The van der Waals surface area contributed by atoms with Crippen LogP contribution in [0, 0.1) is 6.92 Å². The standard InChI is InChI=1S/C21H23N3O4S/c1-14-2-6-16(7-3-14)23-29(27,28)19-10-4-15(5-11-19)21(26)24-17-8-9-18(24)13-22-20(25)12-17/h2-7,10-11,17-18,23H,8-9,12-13H2,1H3,(H,22,25). The van der Waals surface area contributed by atoms with Crippen molar-refractivity contribution < 1.29 is 18.0 Å². The van der Waals surface area contributed by atoms with Gasteiger partial charge in [-0.25, -0.2) is 8.42 Å². The van der Waals surface area contributed by atoms with Crippen LogP contribution in [0.25, 0.3) is 0 Å². The molecule has 2 atom stereocenters. The molecule has 2 aliphatic rings. The summed E-state index contributed by atoms with van der Waals surface area (Å²) in [4.78, 5) is 26.7. The average molecular weight is 413 g/mol. The lowest BCUT2D eigenvalue weighted by Crippen LogP contribution is -2.42. The summed E-state index contributed by atoms with van der Waals surface area (Å²) in [6.45, 7) is 2.39. The Bertz CT molecular complexity index is 1030.